The minimum Gasteiger partial charge on any atom is -0.482 e. The highest BCUT2D eigenvalue weighted by Gasteiger charge is 2.17. The molecule has 1 heterocycles. The van der Waals surface area contributed by atoms with Crippen LogP contribution >= 0.6 is 11.8 Å². The van der Waals surface area contributed by atoms with Crippen LogP contribution in [0.4, 0.5) is 5.69 Å². The van der Waals surface area contributed by atoms with Crippen molar-refractivity contribution in [3.8, 4) is 5.75 Å². The lowest BCUT2D eigenvalue weighted by Gasteiger charge is -2.21. The molecular weight excluding hydrogens is 260 g/mol. The number of carbonyl (C=O) groups excluding carboxylic acids is 1. The fourth-order valence-corrected chi connectivity index (χ4v) is 2.18. The van der Waals surface area contributed by atoms with Crippen LogP contribution in [0.15, 0.2) is 18.2 Å². The third-order valence-electron chi connectivity index (χ3n) is 3.25. The normalized spacial score (nSPS) is 17.1. The first-order chi connectivity index (χ1) is 9.10. The molecule has 104 valence electrons. The lowest BCUT2D eigenvalue weighted by Crippen LogP contribution is -2.27. The molecule has 2 atom stereocenters. The number of nitrogens with one attached hydrogen (secondary N) is 2. The molecule has 0 radical (unpaired) electrons. The van der Waals surface area contributed by atoms with Crippen molar-refractivity contribution in [3.63, 3.8) is 0 Å². The predicted molar refractivity (Wildman–Crippen MR) is 80.0 cm³/mol. The summed E-state index contributed by atoms with van der Waals surface area (Å²) >= 11 is 1.85. The first-order valence-electron chi connectivity index (χ1n) is 6.43. The number of rotatable bonds is 5. The van der Waals surface area contributed by atoms with Crippen LogP contribution in [-0.4, -0.2) is 30.6 Å². The molecule has 2 rings (SSSR count). The minimum absolute atomic E-state index is 0.0960. The second kappa shape index (κ2) is 6.30. The van der Waals surface area contributed by atoms with Crippen molar-refractivity contribution in [2.45, 2.75) is 25.1 Å². The molecule has 0 aromatic heterocycles. The van der Waals surface area contributed by atoms with Crippen molar-refractivity contribution >= 4 is 23.4 Å². The Kier molecular flexibility index (Phi) is 4.71. The first-order valence-corrected chi connectivity index (χ1v) is 7.71. The Hall–Kier alpha value is -1.20. The van der Waals surface area contributed by atoms with E-state index < -0.39 is 0 Å². The third kappa shape index (κ3) is 3.64. The van der Waals surface area contributed by atoms with E-state index in [1.54, 1.807) is 0 Å². The summed E-state index contributed by atoms with van der Waals surface area (Å²) in [6.45, 7) is 5.39. The van der Waals surface area contributed by atoms with Crippen LogP contribution in [0.2, 0.25) is 0 Å². The molecule has 0 aliphatic carbocycles. The predicted octanol–water partition coefficient (Wildman–Crippen LogP) is 2.42. The van der Waals surface area contributed by atoms with Crippen molar-refractivity contribution in [1.29, 1.82) is 0 Å². The molecule has 5 heteroatoms. The molecule has 1 amide bonds. The maximum Gasteiger partial charge on any atom is 0.262 e. The molecule has 1 aliphatic heterocycles. The number of benzene rings is 1. The van der Waals surface area contributed by atoms with Crippen molar-refractivity contribution < 1.29 is 9.53 Å². The first kappa shape index (κ1) is 14.2. The standard InChI is InChI=1S/C14H20N2O2S/c1-9(19-3)7-15-10(2)11-4-5-13-12(6-11)16-14(17)8-18-13/h4-6,9-10,15H,7-8H2,1-3H3,(H,16,17). The molecular formula is C14H20N2O2S. The van der Waals surface area contributed by atoms with Gasteiger partial charge in [0.1, 0.15) is 5.75 Å². The number of fused-ring (bicyclic) bond motifs is 1. The van der Waals surface area contributed by atoms with Gasteiger partial charge in [-0.1, -0.05) is 13.0 Å². The zero-order chi connectivity index (χ0) is 13.8. The topological polar surface area (TPSA) is 50.4 Å². The van der Waals surface area contributed by atoms with E-state index in [0.717, 1.165) is 23.5 Å². The molecule has 1 aromatic carbocycles. The van der Waals surface area contributed by atoms with Gasteiger partial charge in [-0.05, 0) is 30.9 Å². The molecule has 0 fully saturated rings. The highest BCUT2D eigenvalue weighted by Crippen LogP contribution is 2.30. The highest BCUT2D eigenvalue weighted by atomic mass is 32.2. The summed E-state index contributed by atoms with van der Waals surface area (Å²) in [5, 5.41) is 6.91. The smallest absolute Gasteiger partial charge is 0.262 e. The number of amides is 1. The van der Waals surface area contributed by atoms with Gasteiger partial charge >= 0.3 is 0 Å². The van der Waals surface area contributed by atoms with Crippen LogP contribution < -0.4 is 15.4 Å². The Morgan fingerprint density at radius 3 is 3.00 bits per heavy atom. The Morgan fingerprint density at radius 1 is 1.47 bits per heavy atom. The highest BCUT2D eigenvalue weighted by molar-refractivity contribution is 7.99. The van der Waals surface area contributed by atoms with Gasteiger partial charge in [0.05, 0.1) is 5.69 Å². The van der Waals surface area contributed by atoms with E-state index in [1.165, 1.54) is 0 Å². The van der Waals surface area contributed by atoms with Crippen molar-refractivity contribution in [2.75, 3.05) is 24.7 Å². The summed E-state index contributed by atoms with van der Waals surface area (Å²) in [6, 6.07) is 6.19. The van der Waals surface area contributed by atoms with Crippen molar-refractivity contribution in [2.24, 2.45) is 0 Å². The Morgan fingerprint density at radius 2 is 2.26 bits per heavy atom. The molecule has 4 nitrogen and oxygen atoms in total. The van der Waals surface area contributed by atoms with Gasteiger partial charge in [-0.25, -0.2) is 0 Å². The Bertz CT molecular complexity index is 465. The van der Waals surface area contributed by atoms with E-state index in [9.17, 15) is 4.79 Å². The number of thioether (sulfide) groups is 1. The summed E-state index contributed by atoms with van der Waals surface area (Å²) in [5.74, 6) is 0.647. The van der Waals surface area contributed by atoms with Crippen LogP contribution in [-0.2, 0) is 4.79 Å². The van der Waals surface area contributed by atoms with E-state index in [4.69, 9.17) is 4.74 Å². The summed E-state index contributed by atoms with van der Waals surface area (Å²) < 4.78 is 5.35. The van der Waals surface area contributed by atoms with Crippen LogP contribution in [0.3, 0.4) is 0 Å². The van der Waals surface area contributed by atoms with Crippen LogP contribution in [0.1, 0.15) is 25.5 Å². The third-order valence-corrected chi connectivity index (χ3v) is 4.22. The average Bonchev–Trinajstić information content (AvgIpc) is 2.43. The maximum atomic E-state index is 11.3. The SMILES string of the molecule is CSC(C)CNC(C)c1ccc2c(c1)NC(=O)CO2. The number of ether oxygens (including phenoxy) is 1. The number of anilines is 1. The van der Waals surface area contributed by atoms with Gasteiger partial charge < -0.3 is 15.4 Å². The van der Waals surface area contributed by atoms with Crippen LogP contribution in [0, 0.1) is 0 Å². The van der Waals surface area contributed by atoms with E-state index in [2.05, 4.69) is 30.7 Å². The second-order valence-electron chi connectivity index (χ2n) is 4.77. The quantitative estimate of drug-likeness (QED) is 0.869. The monoisotopic (exact) mass is 280 g/mol. The average molecular weight is 280 g/mol. The Balaban J connectivity index is 2.04. The summed E-state index contributed by atoms with van der Waals surface area (Å²) in [6.07, 6.45) is 2.11. The molecule has 1 aromatic rings. The summed E-state index contributed by atoms with van der Waals surface area (Å²) in [7, 11) is 0. The van der Waals surface area contributed by atoms with E-state index in [-0.39, 0.29) is 18.6 Å². The van der Waals surface area contributed by atoms with Gasteiger partial charge in [-0.15, -0.1) is 0 Å². The zero-order valence-electron chi connectivity index (χ0n) is 11.5. The van der Waals surface area contributed by atoms with Crippen LogP contribution in [0.5, 0.6) is 5.75 Å². The number of hydrogen-bond donors (Lipinski definition) is 2. The molecule has 0 saturated carbocycles. The maximum absolute atomic E-state index is 11.3. The lowest BCUT2D eigenvalue weighted by molar-refractivity contribution is -0.118. The molecule has 1 aliphatic rings. The van der Waals surface area contributed by atoms with Gasteiger partial charge in [0, 0.05) is 17.8 Å². The van der Waals surface area contributed by atoms with Gasteiger partial charge in [0.15, 0.2) is 6.61 Å². The Labute approximate surface area is 118 Å². The molecule has 0 bridgehead atoms. The summed E-state index contributed by atoms with van der Waals surface area (Å²) in [5.41, 5.74) is 1.91. The van der Waals surface area contributed by atoms with E-state index >= 15 is 0 Å². The van der Waals surface area contributed by atoms with E-state index in [1.807, 2.05) is 30.0 Å². The molecule has 0 spiro atoms. The molecule has 2 unspecified atom stereocenters. The zero-order valence-corrected chi connectivity index (χ0v) is 12.3. The van der Waals surface area contributed by atoms with Gasteiger partial charge in [-0.3, -0.25) is 4.79 Å². The number of hydrogen-bond acceptors (Lipinski definition) is 4. The fraction of sp³-hybridized carbons (Fsp3) is 0.500. The van der Waals surface area contributed by atoms with Gasteiger partial charge in [0.25, 0.3) is 5.91 Å². The number of carbonyl (C=O) groups is 1. The molecule has 0 saturated heterocycles. The van der Waals surface area contributed by atoms with E-state index in [0.29, 0.717) is 5.25 Å². The van der Waals surface area contributed by atoms with Gasteiger partial charge in [0.2, 0.25) is 0 Å². The lowest BCUT2D eigenvalue weighted by atomic mass is 10.1. The van der Waals surface area contributed by atoms with Crippen molar-refractivity contribution in [1.82, 2.24) is 5.32 Å². The largest absolute Gasteiger partial charge is 0.482 e. The minimum atomic E-state index is -0.0960. The molecule has 2 N–H and O–H groups in total. The van der Waals surface area contributed by atoms with Crippen LogP contribution in [0.25, 0.3) is 0 Å². The van der Waals surface area contributed by atoms with Gasteiger partial charge in [-0.2, -0.15) is 11.8 Å². The molecule has 19 heavy (non-hydrogen) atoms. The summed E-state index contributed by atoms with van der Waals surface area (Å²) in [4.78, 5) is 11.3. The van der Waals surface area contributed by atoms with Crippen molar-refractivity contribution in [3.05, 3.63) is 23.8 Å². The fourth-order valence-electron chi connectivity index (χ4n) is 1.91. The second-order valence-corrected chi connectivity index (χ2v) is 6.04.